The van der Waals surface area contributed by atoms with E-state index in [4.69, 9.17) is 0 Å². The Kier molecular flexibility index (Phi) is 10.4. The number of hydrogen-bond donors (Lipinski definition) is 0. The first-order valence-corrected chi connectivity index (χ1v) is 7.24. The van der Waals surface area contributed by atoms with Crippen LogP contribution in [-0.2, 0) is 0 Å². The first-order valence-electron chi connectivity index (χ1n) is 5.04. The Balaban J connectivity index is 3.40. The molecule has 0 radical (unpaired) electrons. The molecule has 1 atom stereocenters. The van der Waals surface area contributed by atoms with E-state index in [9.17, 15) is 0 Å². The third kappa shape index (κ3) is 7.35. The zero-order valence-corrected chi connectivity index (χ0v) is 10.3. The monoisotopic (exact) mass is 206 g/mol. The quantitative estimate of drug-likeness (QED) is 0.587. The Bertz CT molecular complexity index is 75.9. The van der Waals surface area contributed by atoms with Crippen molar-refractivity contribution in [1.82, 2.24) is 0 Å². The second kappa shape index (κ2) is 9.79. The Morgan fingerprint density at radius 2 is 1.83 bits per heavy atom. The SMILES string of the molecule is CCCCC(CSCC)SCC. The molecule has 0 heterocycles. The third-order valence-electron chi connectivity index (χ3n) is 1.79. The molecule has 1 unspecified atom stereocenters. The summed E-state index contributed by atoms with van der Waals surface area (Å²) in [5.41, 5.74) is 0. The highest BCUT2D eigenvalue weighted by atomic mass is 32.2. The van der Waals surface area contributed by atoms with E-state index in [1.165, 1.54) is 36.5 Å². The maximum atomic E-state index is 2.28. The molecule has 0 bridgehead atoms. The lowest BCUT2D eigenvalue weighted by molar-refractivity contribution is 0.717. The van der Waals surface area contributed by atoms with Gasteiger partial charge in [0.25, 0.3) is 0 Å². The van der Waals surface area contributed by atoms with Crippen LogP contribution in [0.2, 0.25) is 0 Å². The third-order valence-corrected chi connectivity index (χ3v) is 4.25. The van der Waals surface area contributed by atoms with Crippen LogP contribution in [0.3, 0.4) is 0 Å². The first kappa shape index (κ1) is 12.7. The molecule has 0 fully saturated rings. The Morgan fingerprint density at radius 1 is 1.08 bits per heavy atom. The molecule has 0 aromatic rings. The summed E-state index contributed by atoms with van der Waals surface area (Å²) in [5.74, 6) is 3.90. The molecule has 0 N–H and O–H groups in total. The van der Waals surface area contributed by atoms with Crippen molar-refractivity contribution >= 4 is 23.5 Å². The second-order valence-corrected chi connectivity index (χ2v) is 5.78. The number of hydrogen-bond acceptors (Lipinski definition) is 2. The fourth-order valence-corrected chi connectivity index (χ4v) is 3.28. The average Bonchev–Trinajstić information content (AvgIpc) is 2.10. The summed E-state index contributed by atoms with van der Waals surface area (Å²) in [4.78, 5) is 0. The van der Waals surface area contributed by atoms with Crippen molar-refractivity contribution in [3.63, 3.8) is 0 Å². The van der Waals surface area contributed by atoms with Gasteiger partial charge >= 0.3 is 0 Å². The summed E-state index contributed by atoms with van der Waals surface area (Å²) in [6, 6.07) is 0. The van der Waals surface area contributed by atoms with Gasteiger partial charge in [-0.1, -0.05) is 33.6 Å². The van der Waals surface area contributed by atoms with Gasteiger partial charge < -0.3 is 0 Å². The molecular weight excluding hydrogens is 184 g/mol. The van der Waals surface area contributed by atoms with Crippen molar-refractivity contribution in [2.24, 2.45) is 0 Å². The van der Waals surface area contributed by atoms with E-state index in [0.717, 1.165) is 5.25 Å². The maximum Gasteiger partial charge on any atom is 0.0138 e. The van der Waals surface area contributed by atoms with Crippen molar-refractivity contribution in [2.75, 3.05) is 17.3 Å². The van der Waals surface area contributed by atoms with Crippen LogP contribution >= 0.6 is 23.5 Å². The molecule has 0 aromatic heterocycles. The van der Waals surface area contributed by atoms with Gasteiger partial charge in [-0.05, 0) is 17.9 Å². The molecule has 12 heavy (non-hydrogen) atoms. The van der Waals surface area contributed by atoms with E-state index in [0.29, 0.717) is 0 Å². The summed E-state index contributed by atoms with van der Waals surface area (Å²) in [6.07, 6.45) is 4.17. The lowest BCUT2D eigenvalue weighted by Crippen LogP contribution is -2.06. The highest BCUT2D eigenvalue weighted by molar-refractivity contribution is 8.03. The molecule has 0 aliphatic heterocycles. The number of thioether (sulfide) groups is 2. The normalized spacial score (nSPS) is 13.2. The predicted octanol–water partition coefficient (Wildman–Crippen LogP) is 4.05. The maximum absolute atomic E-state index is 2.28. The minimum absolute atomic E-state index is 0.917. The molecule has 0 aromatic carbocycles. The standard InChI is InChI=1S/C10H22S2/c1-4-7-8-10(12-6-3)9-11-5-2/h10H,4-9H2,1-3H3. The van der Waals surface area contributed by atoms with Gasteiger partial charge in [0.15, 0.2) is 0 Å². The van der Waals surface area contributed by atoms with Crippen LogP contribution in [0.25, 0.3) is 0 Å². The van der Waals surface area contributed by atoms with Crippen molar-refractivity contribution in [1.29, 1.82) is 0 Å². The van der Waals surface area contributed by atoms with Gasteiger partial charge in [0.1, 0.15) is 0 Å². The van der Waals surface area contributed by atoms with Crippen LogP contribution in [0.1, 0.15) is 40.0 Å². The van der Waals surface area contributed by atoms with Gasteiger partial charge in [-0.2, -0.15) is 23.5 Å². The molecule has 0 aliphatic carbocycles. The largest absolute Gasteiger partial charge is 0.161 e. The average molecular weight is 206 g/mol. The van der Waals surface area contributed by atoms with Crippen molar-refractivity contribution in [3.8, 4) is 0 Å². The van der Waals surface area contributed by atoms with E-state index < -0.39 is 0 Å². The van der Waals surface area contributed by atoms with Crippen molar-refractivity contribution in [2.45, 2.75) is 45.3 Å². The highest BCUT2D eigenvalue weighted by Gasteiger charge is 2.06. The molecule has 0 amide bonds. The van der Waals surface area contributed by atoms with Crippen molar-refractivity contribution < 1.29 is 0 Å². The van der Waals surface area contributed by atoms with Crippen LogP contribution in [0.15, 0.2) is 0 Å². The van der Waals surface area contributed by atoms with Gasteiger partial charge in [-0.3, -0.25) is 0 Å². The van der Waals surface area contributed by atoms with Crippen LogP contribution in [0.4, 0.5) is 0 Å². The minimum atomic E-state index is 0.917. The molecule has 74 valence electrons. The van der Waals surface area contributed by atoms with E-state index in [1.807, 2.05) is 0 Å². The van der Waals surface area contributed by atoms with Crippen LogP contribution in [0, 0.1) is 0 Å². The van der Waals surface area contributed by atoms with Crippen LogP contribution < -0.4 is 0 Å². The van der Waals surface area contributed by atoms with E-state index in [-0.39, 0.29) is 0 Å². The topological polar surface area (TPSA) is 0 Å². The van der Waals surface area contributed by atoms with Gasteiger partial charge in [0.05, 0.1) is 0 Å². The molecule has 0 nitrogen and oxygen atoms in total. The smallest absolute Gasteiger partial charge is 0.0138 e. The zero-order chi connectivity index (χ0) is 9.23. The molecular formula is C10H22S2. The Morgan fingerprint density at radius 3 is 2.33 bits per heavy atom. The fraction of sp³-hybridized carbons (Fsp3) is 1.00. The van der Waals surface area contributed by atoms with E-state index in [1.54, 1.807) is 0 Å². The second-order valence-electron chi connectivity index (χ2n) is 2.88. The number of unbranched alkanes of at least 4 members (excludes halogenated alkanes) is 1. The Hall–Kier alpha value is 0.700. The summed E-state index contributed by atoms with van der Waals surface area (Å²) in [5, 5.41) is 0.917. The van der Waals surface area contributed by atoms with Gasteiger partial charge in [0, 0.05) is 11.0 Å². The molecule has 0 rings (SSSR count). The van der Waals surface area contributed by atoms with Gasteiger partial charge in [0.2, 0.25) is 0 Å². The molecule has 0 saturated carbocycles. The van der Waals surface area contributed by atoms with E-state index >= 15 is 0 Å². The summed E-state index contributed by atoms with van der Waals surface area (Å²) in [7, 11) is 0. The highest BCUT2D eigenvalue weighted by Crippen LogP contribution is 2.21. The minimum Gasteiger partial charge on any atom is -0.161 e. The van der Waals surface area contributed by atoms with Crippen LogP contribution in [-0.4, -0.2) is 22.5 Å². The van der Waals surface area contributed by atoms with Crippen molar-refractivity contribution in [3.05, 3.63) is 0 Å². The molecule has 2 heteroatoms. The molecule has 0 saturated heterocycles. The van der Waals surface area contributed by atoms with Gasteiger partial charge in [-0.15, -0.1) is 0 Å². The zero-order valence-electron chi connectivity index (χ0n) is 8.64. The molecule has 0 aliphatic rings. The fourth-order valence-electron chi connectivity index (χ4n) is 1.13. The lowest BCUT2D eigenvalue weighted by Gasteiger charge is -2.13. The lowest BCUT2D eigenvalue weighted by atomic mass is 10.2. The first-order chi connectivity index (χ1) is 5.85. The van der Waals surface area contributed by atoms with E-state index in [2.05, 4.69) is 44.3 Å². The summed E-state index contributed by atoms with van der Waals surface area (Å²) >= 11 is 4.22. The van der Waals surface area contributed by atoms with Crippen LogP contribution in [0.5, 0.6) is 0 Å². The Labute approximate surface area is 86.3 Å². The molecule has 0 spiro atoms. The summed E-state index contributed by atoms with van der Waals surface area (Å²) in [6.45, 7) is 6.79. The predicted molar refractivity (Wildman–Crippen MR) is 64.4 cm³/mol. The number of rotatable bonds is 8. The van der Waals surface area contributed by atoms with Gasteiger partial charge in [-0.25, -0.2) is 0 Å². The summed E-state index contributed by atoms with van der Waals surface area (Å²) < 4.78 is 0.